The van der Waals surface area contributed by atoms with Crippen molar-refractivity contribution in [2.45, 2.75) is 33.1 Å². The van der Waals surface area contributed by atoms with Crippen LogP contribution >= 0.6 is 23.2 Å². The van der Waals surface area contributed by atoms with Crippen LogP contribution in [0.25, 0.3) is 16.8 Å². The lowest BCUT2D eigenvalue weighted by Crippen LogP contribution is -2.16. The van der Waals surface area contributed by atoms with E-state index in [9.17, 15) is 0 Å². The predicted octanol–water partition coefficient (Wildman–Crippen LogP) is 7.05. The molecule has 0 saturated heterocycles. The number of benzene rings is 2. The van der Waals surface area contributed by atoms with Crippen molar-refractivity contribution in [1.82, 2.24) is 14.6 Å². The van der Waals surface area contributed by atoms with Gasteiger partial charge in [0.1, 0.15) is 5.82 Å². The second kappa shape index (κ2) is 7.36. The predicted molar refractivity (Wildman–Crippen MR) is 122 cm³/mol. The molecule has 4 nitrogen and oxygen atoms in total. The van der Waals surface area contributed by atoms with E-state index in [1.54, 1.807) is 0 Å². The molecule has 0 unspecified atom stereocenters. The van der Waals surface area contributed by atoms with E-state index in [4.69, 9.17) is 33.3 Å². The molecule has 0 saturated carbocycles. The summed E-state index contributed by atoms with van der Waals surface area (Å²) >= 11 is 12.5. The standard InChI is InChI=1S/C23H22Cl2N4/c1-14-21(17-7-5-6-8-18(17)25)22-27-19(23(2,3)4)13-20(29(22)28-14)26-16-11-9-15(24)10-12-16/h5-13,26H,1-4H3. The Hall–Kier alpha value is -2.56. The Morgan fingerprint density at radius 3 is 2.31 bits per heavy atom. The second-order valence-electron chi connectivity index (χ2n) is 8.08. The first kappa shape index (κ1) is 19.7. The Balaban J connectivity index is 1.97. The van der Waals surface area contributed by atoms with Crippen molar-refractivity contribution in [2.75, 3.05) is 5.32 Å². The molecule has 2 aromatic heterocycles. The van der Waals surface area contributed by atoms with Crippen molar-refractivity contribution in [1.29, 1.82) is 0 Å². The van der Waals surface area contributed by atoms with Gasteiger partial charge < -0.3 is 5.32 Å². The van der Waals surface area contributed by atoms with E-state index in [1.807, 2.05) is 66.0 Å². The quantitative estimate of drug-likeness (QED) is 0.382. The van der Waals surface area contributed by atoms with E-state index in [2.05, 4.69) is 26.1 Å². The first-order valence-electron chi connectivity index (χ1n) is 9.42. The van der Waals surface area contributed by atoms with E-state index in [0.717, 1.165) is 39.7 Å². The third kappa shape index (κ3) is 3.83. The number of hydrogen-bond acceptors (Lipinski definition) is 3. The van der Waals surface area contributed by atoms with Gasteiger partial charge in [-0.05, 0) is 37.3 Å². The number of halogens is 2. The number of aromatic nitrogens is 3. The van der Waals surface area contributed by atoms with Crippen LogP contribution in [-0.4, -0.2) is 14.6 Å². The van der Waals surface area contributed by atoms with Gasteiger partial charge >= 0.3 is 0 Å². The molecule has 0 spiro atoms. The summed E-state index contributed by atoms with van der Waals surface area (Å²) in [6, 6.07) is 17.4. The molecule has 0 aliphatic heterocycles. The van der Waals surface area contributed by atoms with Crippen LogP contribution in [0.15, 0.2) is 54.6 Å². The van der Waals surface area contributed by atoms with Gasteiger partial charge in [0, 0.05) is 32.8 Å². The van der Waals surface area contributed by atoms with Crippen molar-refractivity contribution >= 4 is 40.4 Å². The van der Waals surface area contributed by atoms with Gasteiger partial charge in [0.2, 0.25) is 0 Å². The molecule has 0 aliphatic rings. The lowest BCUT2D eigenvalue weighted by atomic mass is 9.92. The van der Waals surface area contributed by atoms with Crippen LogP contribution in [0.1, 0.15) is 32.2 Å². The Labute approximate surface area is 180 Å². The van der Waals surface area contributed by atoms with Gasteiger partial charge in [-0.2, -0.15) is 9.61 Å². The summed E-state index contributed by atoms with van der Waals surface area (Å²) in [7, 11) is 0. The molecule has 0 fully saturated rings. The smallest absolute Gasteiger partial charge is 0.165 e. The molecule has 148 valence electrons. The summed E-state index contributed by atoms with van der Waals surface area (Å²) in [5, 5.41) is 9.61. The molecule has 1 N–H and O–H groups in total. The number of nitrogens with one attached hydrogen (secondary N) is 1. The van der Waals surface area contributed by atoms with Crippen LogP contribution in [0.4, 0.5) is 11.5 Å². The van der Waals surface area contributed by atoms with Gasteiger partial charge in [-0.1, -0.05) is 62.2 Å². The fourth-order valence-corrected chi connectivity index (χ4v) is 3.61. The van der Waals surface area contributed by atoms with E-state index in [-0.39, 0.29) is 5.41 Å². The van der Waals surface area contributed by atoms with Crippen LogP contribution < -0.4 is 5.32 Å². The van der Waals surface area contributed by atoms with Crippen molar-refractivity contribution in [3.8, 4) is 11.1 Å². The lowest BCUT2D eigenvalue weighted by Gasteiger charge is -2.20. The molecule has 2 aromatic carbocycles. The molecule has 0 radical (unpaired) electrons. The Morgan fingerprint density at radius 1 is 0.966 bits per heavy atom. The van der Waals surface area contributed by atoms with Gasteiger partial charge in [-0.3, -0.25) is 0 Å². The van der Waals surface area contributed by atoms with Gasteiger partial charge in [0.05, 0.1) is 17.0 Å². The molecule has 2 heterocycles. The van der Waals surface area contributed by atoms with Gasteiger partial charge in [0.15, 0.2) is 5.65 Å². The van der Waals surface area contributed by atoms with E-state index < -0.39 is 0 Å². The normalized spacial score (nSPS) is 11.8. The summed E-state index contributed by atoms with van der Waals surface area (Å²) in [5.74, 6) is 0.837. The summed E-state index contributed by atoms with van der Waals surface area (Å²) in [5.41, 5.74) is 5.28. The Bertz CT molecular complexity index is 1190. The molecule has 4 rings (SSSR count). The fraction of sp³-hybridized carbons (Fsp3) is 0.217. The summed E-state index contributed by atoms with van der Waals surface area (Å²) in [6.07, 6.45) is 0. The van der Waals surface area contributed by atoms with Crippen molar-refractivity contribution in [3.63, 3.8) is 0 Å². The monoisotopic (exact) mass is 424 g/mol. The zero-order chi connectivity index (χ0) is 20.8. The van der Waals surface area contributed by atoms with Crippen molar-refractivity contribution in [2.24, 2.45) is 0 Å². The molecule has 0 bridgehead atoms. The summed E-state index contributed by atoms with van der Waals surface area (Å²) in [4.78, 5) is 4.98. The van der Waals surface area contributed by atoms with Crippen LogP contribution in [0.2, 0.25) is 10.0 Å². The largest absolute Gasteiger partial charge is 0.340 e. The Morgan fingerprint density at radius 2 is 1.66 bits per heavy atom. The molecule has 0 aliphatic carbocycles. The summed E-state index contributed by atoms with van der Waals surface area (Å²) in [6.45, 7) is 8.43. The molecule has 29 heavy (non-hydrogen) atoms. The average molecular weight is 425 g/mol. The SMILES string of the molecule is Cc1nn2c(Nc3ccc(Cl)cc3)cc(C(C)(C)C)nc2c1-c1ccccc1Cl. The highest BCUT2D eigenvalue weighted by Crippen LogP contribution is 2.36. The van der Waals surface area contributed by atoms with Gasteiger partial charge in [-0.15, -0.1) is 0 Å². The highest BCUT2D eigenvalue weighted by molar-refractivity contribution is 6.33. The van der Waals surface area contributed by atoms with Crippen LogP contribution in [-0.2, 0) is 5.41 Å². The van der Waals surface area contributed by atoms with Crippen molar-refractivity contribution < 1.29 is 0 Å². The molecular formula is C23H22Cl2N4. The number of nitrogens with zero attached hydrogens (tertiary/aromatic N) is 3. The molecule has 0 atom stereocenters. The van der Waals surface area contributed by atoms with E-state index >= 15 is 0 Å². The van der Waals surface area contributed by atoms with Crippen LogP contribution in [0.3, 0.4) is 0 Å². The zero-order valence-electron chi connectivity index (χ0n) is 16.8. The third-order valence-corrected chi connectivity index (χ3v) is 5.37. The second-order valence-corrected chi connectivity index (χ2v) is 8.93. The fourth-order valence-electron chi connectivity index (χ4n) is 3.26. The maximum atomic E-state index is 6.51. The minimum Gasteiger partial charge on any atom is -0.340 e. The molecule has 0 amide bonds. The lowest BCUT2D eigenvalue weighted by molar-refractivity contribution is 0.569. The molecule has 4 aromatic rings. The molecular weight excluding hydrogens is 403 g/mol. The number of aryl methyl sites for hydroxylation is 1. The highest BCUT2D eigenvalue weighted by Gasteiger charge is 2.23. The molecule has 6 heteroatoms. The minimum absolute atomic E-state index is 0.131. The first-order chi connectivity index (χ1) is 13.7. The maximum Gasteiger partial charge on any atom is 0.165 e. The average Bonchev–Trinajstić information content (AvgIpc) is 2.99. The van der Waals surface area contributed by atoms with Crippen LogP contribution in [0.5, 0.6) is 0 Å². The number of rotatable bonds is 3. The highest BCUT2D eigenvalue weighted by atomic mass is 35.5. The van der Waals surface area contributed by atoms with Crippen molar-refractivity contribution in [3.05, 3.63) is 76.0 Å². The summed E-state index contributed by atoms with van der Waals surface area (Å²) < 4.78 is 1.85. The number of fused-ring (bicyclic) bond motifs is 1. The van der Waals surface area contributed by atoms with E-state index in [0.29, 0.717) is 10.0 Å². The van der Waals surface area contributed by atoms with Gasteiger partial charge in [0.25, 0.3) is 0 Å². The zero-order valence-corrected chi connectivity index (χ0v) is 18.3. The van der Waals surface area contributed by atoms with Gasteiger partial charge in [-0.25, -0.2) is 4.98 Å². The Kier molecular flexibility index (Phi) is 5.01. The van der Waals surface area contributed by atoms with Crippen LogP contribution in [0, 0.1) is 6.92 Å². The number of hydrogen-bond donors (Lipinski definition) is 1. The maximum absolute atomic E-state index is 6.51. The third-order valence-electron chi connectivity index (χ3n) is 4.79. The van der Waals surface area contributed by atoms with E-state index in [1.165, 1.54) is 0 Å². The minimum atomic E-state index is -0.131. The number of anilines is 2. The first-order valence-corrected chi connectivity index (χ1v) is 10.2. The topological polar surface area (TPSA) is 42.2 Å².